The fourth-order valence-corrected chi connectivity index (χ4v) is 4.56. The first-order valence-electron chi connectivity index (χ1n) is 13.5. The van der Waals surface area contributed by atoms with E-state index in [-0.39, 0.29) is 11.9 Å². The lowest BCUT2D eigenvalue weighted by molar-refractivity contribution is -0.138. The first-order valence-corrected chi connectivity index (χ1v) is 13.5. The monoisotopic (exact) mass is 524 g/mol. The highest BCUT2D eigenvalue weighted by Crippen LogP contribution is 2.35. The predicted molar refractivity (Wildman–Crippen MR) is 155 cm³/mol. The van der Waals surface area contributed by atoms with Crippen LogP contribution in [0.1, 0.15) is 49.9 Å². The van der Waals surface area contributed by atoms with Crippen molar-refractivity contribution < 1.29 is 19.1 Å². The molecular weight excluding hydrogens is 488 g/mol. The van der Waals surface area contributed by atoms with Crippen molar-refractivity contribution in [1.82, 2.24) is 9.88 Å². The molecule has 4 aromatic rings. The molecule has 39 heavy (non-hydrogen) atoms. The van der Waals surface area contributed by atoms with Crippen LogP contribution in [0.25, 0.3) is 17.0 Å². The van der Waals surface area contributed by atoms with Crippen LogP contribution in [0.5, 0.6) is 5.75 Å². The molecule has 0 saturated heterocycles. The normalized spacial score (nSPS) is 12.2. The number of fused-ring (bicyclic) bond motifs is 1. The van der Waals surface area contributed by atoms with Crippen LogP contribution in [0.4, 0.5) is 0 Å². The molecule has 1 heterocycles. The van der Waals surface area contributed by atoms with Crippen LogP contribution in [0.15, 0.2) is 90.6 Å². The van der Waals surface area contributed by atoms with Gasteiger partial charge in [-0.1, -0.05) is 73.7 Å². The molecule has 0 aliphatic carbocycles. The molecule has 6 heteroatoms. The Bertz CT molecular complexity index is 1420. The predicted octanol–water partition coefficient (Wildman–Crippen LogP) is 6.50. The van der Waals surface area contributed by atoms with Gasteiger partial charge in [0.25, 0.3) is 0 Å². The molecular formula is C33H36N2O4. The summed E-state index contributed by atoms with van der Waals surface area (Å²) in [6.07, 6.45) is 5.06. The Morgan fingerprint density at radius 3 is 2.28 bits per heavy atom. The van der Waals surface area contributed by atoms with Crippen molar-refractivity contribution in [2.75, 3.05) is 13.2 Å². The fourth-order valence-electron chi connectivity index (χ4n) is 4.56. The molecule has 1 N–H and O–H groups in total. The summed E-state index contributed by atoms with van der Waals surface area (Å²) >= 11 is 0. The summed E-state index contributed by atoms with van der Waals surface area (Å²) in [5, 5.41) is 3.93. The quantitative estimate of drug-likeness (QED) is 0.170. The van der Waals surface area contributed by atoms with E-state index in [9.17, 15) is 9.59 Å². The largest absolute Gasteiger partial charge is 0.488 e. The van der Waals surface area contributed by atoms with Crippen molar-refractivity contribution in [3.05, 3.63) is 107 Å². The van der Waals surface area contributed by atoms with Crippen molar-refractivity contribution in [2.24, 2.45) is 0 Å². The van der Waals surface area contributed by atoms with Gasteiger partial charge in [-0.15, -0.1) is 0 Å². The van der Waals surface area contributed by atoms with E-state index in [0.29, 0.717) is 37.5 Å². The Balaban J connectivity index is 1.66. The average molecular weight is 525 g/mol. The van der Waals surface area contributed by atoms with Crippen molar-refractivity contribution in [2.45, 2.75) is 46.3 Å². The topological polar surface area (TPSA) is 69.6 Å². The number of hydrogen-bond donors (Lipinski definition) is 1. The maximum Gasteiger partial charge on any atom is 0.333 e. The van der Waals surface area contributed by atoms with Crippen LogP contribution in [-0.4, -0.2) is 29.6 Å². The second kappa shape index (κ2) is 13.5. The van der Waals surface area contributed by atoms with Crippen LogP contribution in [0.2, 0.25) is 0 Å². The summed E-state index contributed by atoms with van der Waals surface area (Å²) in [4.78, 5) is 25.8. The van der Waals surface area contributed by atoms with E-state index in [1.54, 1.807) is 6.92 Å². The summed E-state index contributed by atoms with van der Waals surface area (Å²) in [7, 11) is 0. The molecule has 0 fully saturated rings. The summed E-state index contributed by atoms with van der Waals surface area (Å²) < 4.78 is 13.5. The van der Waals surface area contributed by atoms with Gasteiger partial charge >= 0.3 is 5.97 Å². The van der Waals surface area contributed by atoms with E-state index in [2.05, 4.69) is 17.4 Å². The van der Waals surface area contributed by atoms with Gasteiger partial charge in [0.2, 0.25) is 5.91 Å². The first kappa shape index (κ1) is 27.7. The van der Waals surface area contributed by atoms with Gasteiger partial charge in [-0.05, 0) is 56.0 Å². The van der Waals surface area contributed by atoms with E-state index >= 15 is 0 Å². The molecule has 0 radical (unpaired) electrons. The van der Waals surface area contributed by atoms with Crippen molar-refractivity contribution >= 4 is 28.9 Å². The number of nitrogens with one attached hydrogen (secondary N) is 1. The van der Waals surface area contributed by atoms with Crippen molar-refractivity contribution in [1.29, 1.82) is 0 Å². The Labute approximate surface area is 230 Å². The highest BCUT2D eigenvalue weighted by molar-refractivity contribution is 6.01. The van der Waals surface area contributed by atoms with Gasteiger partial charge in [0, 0.05) is 29.3 Å². The van der Waals surface area contributed by atoms with E-state index in [1.165, 1.54) is 5.56 Å². The Morgan fingerprint density at radius 1 is 0.923 bits per heavy atom. The summed E-state index contributed by atoms with van der Waals surface area (Å²) in [5.41, 5.74) is 4.46. The summed E-state index contributed by atoms with van der Waals surface area (Å²) in [6.45, 7) is 6.87. The second-order valence-electron chi connectivity index (χ2n) is 9.36. The minimum Gasteiger partial charge on any atom is -0.488 e. The molecule has 0 aliphatic rings. The van der Waals surface area contributed by atoms with Crippen LogP contribution in [0, 0.1) is 0 Å². The zero-order valence-corrected chi connectivity index (χ0v) is 22.9. The van der Waals surface area contributed by atoms with E-state index in [0.717, 1.165) is 28.5 Å². The van der Waals surface area contributed by atoms with Gasteiger partial charge in [-0.2, -0.15) is 0 Å². The van der Waals surface area contributed by atoms with Crippen LogP contribution >= 0.6 is 0 Å². The highest BCUT2D eigenvalue weighted by atomic mass is 16.5. The van der Waals surface area contributed by atoms with Crippen LogP contribution in [-0.2, 0) is 27.4 Å². The molecule has 0 bridgehead atoms. The number of carbonyl (C=O) groups excluding carboxylic acids is 2. The molecule has 1 aromatic heterocycles. The molecule has 1 atom stereocenters. The molecule has 6 nitrogen and oxygen atoms in total. The molecule has 202 valence electrons. The fraction of sp³-hybridized carbons (Fsp3) is 0.273. The number of amides is 1. The minimum atomic E-state index is -0.470. The summed E-state index contributed by atoms with van der Waals surface area (Å²) in [5.74, 6) is 0.280. The maximum atomic E-state index is 13.2. The lowest BCUT2D eigenvalue weighted by Crippen LogP contribution is -2.32. The van der Waals surface area contributed by atoms with Gasteiger partial charge in [-0.3, -0.25) is 4.79 Å². The van der Waals surface area contributed by atoms with E-state index < -0.39 is 6.04 Å². The number of hydrogen-bond acceptors (Lipinski definition) is 4. The van der Waals surface area contributed by atoms with Gasteiger partial charge in [0.05, 0.1) is 12.1 Å². The molecule has 1 unspecified atom stereocenters. The zero-order valence-electron chi connectivity index (χ0n) is 22.9. The van der Waals surface area contributed by atoms with Crippen molar-refractivity contribution in [3.8, 4) is 5.75 Å². The smallest absolute Gasteiger partial charge is 0.333 e. The first-order chi connectivity index (χ1) is 19.0. The number of benzene rings is 3. The third kappa shape index (κ3) is 6.96. The second-order valence-corrected chi connectivity index (χ2v) is 9.36. The van der Waals surface area contributed by atoms with Gasteiger partial charge < -0.3 is 19.4 Å². The van der Waals surface area contributed by atoms with Gasteiger partial charge in [0.1, 0.15) is 18.4 Å². The standard InChI is InChI=1S/C33H36N2O4/c1-4-27(33(37)38-5-2)21-28-22-35(24(3)32(36)34-20-19-25-13-8-6-9-14-25)29-17-12-18-30(31(28)29)39-23-26-15-10-7-11-16-26/h6-18,21-22,24H,4-5,19-20,23H2,1-3H3,(H,34,36). The van der Waals surface area contributed by atoms with Crippen LogP contribution in [0.3, 0.4) is 0 Å². The Hall–Kier alpha value is -4.32. The molecule has 0 saturated carbocycles. The number of carbonyl (C=O) groups is 2. The number of esters is 1. The Morgan fingerprint density at radius 2 is 1.62 bits per heavy atom. The average Bonchev–Trinajstić information content (AvgIpc) is 3.34. The van der Waals surface area contributed by atoms with Gasteiger partial charge in [0.15, 0.2) is 0 Å². The third-order valence-corrected chi connectivity index (χ3v) is 6.69. The molecule has 1 amide bonds. The molecule has 3 aromatic carbocycles. The molecule has 0 aliphatic heterocycles. The van der Waals surface area contributed by atoms with E-state index in [1.807, 2.05) is 97.4 Å². The Kier molecular flexibility index (Phi) is 9.57. The SMILES string of the molecule is CCOC(=O)C(=Cc1cn(C(C)C(=O)NCCc2ccccc2)c2cccc(OCc3ccccc3)c12)CC. The van der Waals surface area contributed by atoms with Crippen molar-refractivity contribution in [3.63, 3.8) is 0 Å². The summed E-state index contributed by atoms with van der Waals surface area (Å²) in [6, 6.07) is 25.4. The lowest BCUT2D eigenvalue weighted by Gasteiger charge is -2.16. The molecule has 0 spiro atoms. The lowest BCUT2D eigenvalue weighted by atomic mass is 10.1. The molecule has 4 rings (SSSR count). The highest BCUT2D eigenvalue weighted by Gasteiger charge is 2.21. The number of rotatable bonds is 12. The minimum absolute atomic E-state index is 0.0740. The van der Waals surface area contributed by atoms with Gasteiger partial charge in [-0.25, -0.2) is 4.79 Å². The number of aromatic nitrogens is 1. The number of nitrogens with zero attached hydrogens (tertiary/aromatic N) is 1. The van der Waals surface area contributed by atoms with Crippen LogP contribution < -0.4 is 10.1 Å². The van der Waals surface area contributed by atoms with E-state index in [4.69, 9.17) is 9.47 Å². The maximum absolute atomic E-state index is 13.2. The number of ether oxygens (including phenoxy) is 2. The zero-order chi connectivity index (χ0) is 27.6. The third-order valence-electron chi connectivity index (χ3n) is 6.69.